The summed E-state index contributed by atoms with van der Waals surface area (Å²) in [7, 11) is 0. The molecular formula is C11H23NO. The highest BCUT2D eigenvalue weighted by Crippen LogP contribution is 2.14. The van der Waals surface area contributed by atoms with Gasteiger partial charge in [0.1, 0.15) is 0 Å². The SMILES string of the molecule is CC1CCN(CCCOC(C)C)C1. The van der Waals surface area contributed by atoms with Crippen molar-refractivity contribution in [2.75, 3.05) is 26.2 Å². The lowest BCUT2D eigenvalue weighted by molar-refractivity contribution is 0.0718. The van der Waals surface area contributed by atoms with E-state index in [1.54, 1.807) is 0 Å². The molecule has 0 aliphatic carbocycles. The third kappa shape index (κ3) is 4.63. The zero-order chi connectivity index (χ0) is 9.68. The molecule has 1 aliphatic heterocycles. The molecule has 0 radical (unpaired) electrons. The second-order valence-corrected chi connectivity index (χ2v) is 4.47. The molecule has 1 aliphatic rings. The van der Waals surface area contributed by atoms with Crippen molar-refractivity contribution in [1.29, 1.82) is 0 Å². The van der Waals surface area contributed by atoms with Gasteiger partial charge in [0.15, 0.2) is 0 Å². The van der Waals surface area contributed by atoms with Gasteiger partial charge in [0.25, 0.3) is 0 Å². The third-order valence-electron chi connectivity index (χ3n) is 2.58. The normalized spacial score (nSPS) is 24.5. The number of likely N-dealkylation sites (tertiary alicyclic amines) is 1. The summed E-state index contributed by atoms with van der Waals surface area (Å²) in [5.74, 6) is 0.908. The van der Waals surface area contributed by atoms with Crippen molar-refractivity contribution in [3.05, 3.63) is 0 Å². The molecule has 1 unspecified atom stereocenters. The van der Waals surface area contributed by atoms with Gasteiger partial charge in [-0.05, 0) is 39.2 Å². The van der Waals surface area contributed by atoms with E-state index in [0.717, 1.165) is 12.5 Å². The van der Waals surface area contributed by atoms with Crippen molar-refractivity contribution < 1.29 is 4.74 Å². The molecule has 1 fully saturated rings. The van der Waals surface area contributed by atoms with Gasteiger partial charge in [-0.2, -0.15) is 0 Å². The lowest BCUT2D eigenvalue weighted by atomic mass is 10.2. The Morgan fingerprint density at radius 2 is 2.23 bits per heavy atom. The van der Waals surface area contributed by atoms with Crippen LogP contribution in [0.25, 0.3) is 0 Å². The molecule has 0 spiro atoms. The summed E-state index contributed by atoms with van der Waals surface area (Å²) >= 11 is 0. The van der Waals surface area contributed by atoms with Crippen LogP contribution in [-0.4, -0.2) is 37.2 Å². The van der Waals surface area contributed by atoms with Crippen LogP contribution in [0.5, 0.6) is 0 Å². The molecule has 1 atom stereocenters. The van der Waals surface area contributed by atoms with Gasteiger partial charge in [-0.1, -0.05) is 6.92 Å². The maximum absolute atomic E-state index is 5.50. The molecule has 0 aromatic carbocycles. The van der Waals surface area contributed by atoms with E-state index in [4.69, 9.17) is 4.74 Å². The number of hydrogen-bond donors (Lipinski definition) is 0. The molecule has 13 heavy (non-hydrogen) atoms. The van der Waals surface area contributed by atoms with Crippen molar-refractivity contribution in [2.45, 2.75) is 39.7 Å². The van der Waals surface area contributed by atoms with E-state index in [2.05, 4.69) is 25.7 Å². The zero-order valence-electron chi connectivity index (χ0n) is 9.25. The van der Waals surface area contributed by atoms with Crippen molar-refractivity contribution >= 4 is 0 Å². The van der Waals surface area contributed by atoms with Crippen LogP contribution in [0.15, 0.2) is 0 Å². The van der Waals surface area contributed by atoms with Crippen molar-refractivity contribution in [1.82, 2.24) is 4.90 Å². The molecule has 1 saturated heterocycles. The summed E-state index contributed by atoms with van der Waals surface area (Å²) < 4.78 is 5.50. The standard InChI is InChI=1S/C11H23NO/c1-10(2)13-8-4-6-12-7-5-11(3)9-12/h10-11H,4-9H2,1-3H3. The Kier molecular flexibility index (Phi) is 4.74. The second kappa shape index (κ2) is 5.61. The van der Waals surface area contributed by atoms with Gasteiger partial charge < -0.3 is 9.64 Å². The number of rotatable bonds is 5. The number of ether oxygens (including phenoxy) is 1. The molecule has 0 aromatic heterocycles. The van der Waals surface area contributed by atoms with Crippen molar-refractivity contribution in [3.63, 3.8) is 0 Å². The fraction of sp³-hybridized carbons (Fsp3) is 1.00. The van der Waals surface area contributed by atoms with Crippen molar-refractivity contribution in [3.8, 4) is 0 Å². The Hall–Kier alpha value is -0.0800. The maximum Gasteiger partial charge on any atom is 0.0518 e. The molecular weight excluding hydrogens is 162 g/mol. The predicted molar refractivity (Wildman–Crippen MR) is 55.9 cm³/mol. The summed E-state index contributed by atoms with van der Waals surface area (Å²) in [6.45, 7) is 11.3. The Labute approximate surface area is 82.3 Å². The van der Waals surface area contributed by atoms with E-state index >= 15 is 0 Å². The maximum atomic E-state index is 5.50. The average molecular weight is 185 g/mol. The van der Waals surface area contributed by atoms with E-state index in [9.17, 15) is 0 Å². The average Bonchev–Trinajstić information content (AvgIpc) is 2.45. The van der Waals surface area contributed by atoms with Crippen LogP contribution in [0.1, 0.15) is 33.6 Å². The highest BCUT2D eigenvalue weighted by atomic mass is 16.5. The van der Waals surface area contributed by atoms with Crippen LogP contribution < -0.4 is 0 Å². The van der Waals surface area contributed by atoms with Gasteiger partial charge >= 0.3 is 0 Å². The van der Waals surface area contributed by atoms with Gasteiger partial charge in [-0.3, -0.25) is 0 Å². The van der Waals surface area contributed by atoms with E-state index in [-0.39, 0.29) is 0 Å². The van der Waals surface area contributed by atoms with Crippen LogP contribution in [0.2, 0.25) is 0 Å². The first kappa shape index (κ1) is 11.0. The van der Waals surface area contributed by atoms with Crippen LogP contribution in [0.3, 0.4) is 0 Å². The van der Waals surface area contributed by atoms with Crippen LogP contribution >= 0.6 is 0 Å². The molecule has 0 N–H and O–H groups in total. The molecule has 0 bridgehead atoms. The largest absolute Gasteiger partial charge is 0.379 e. The molecule has 0 saturated carbocycles. The minimum atomic E-state index is 0.387. The number of hydrogen-bond acceptors (Lipinski definition) is 2. The first-order valence-corrected chi connectivity index (χ1v) is 5.52. The second-order valence-electron chi connectivity index (χ2n) is 4.47. The molecule has 1 heterocycles. The Morgan fingerprint density at radius 3 is 2.77 bits per heavy atom. The molecule has 0 aromatic rings. The van der Waals surface area contributed by atoms with E-state index in [1.807, 2.05) is 0 Å². The fourth-order valence-electron chi connectivity index (χ4n) is 1.84. The van der Waals surface area contributed by atoms with Crippen LogP contribution in [0.4, 0.5) is 0 Å². The van der Waals surface area contributed by atoms with Gasteiger partial charge in [-0.15, -0.1) is 0 Å². The highest BCUT2D eigenvalue weighted by Gasteiger charge is 2.17. The summed E-state index contributed by atoms with van der Waals surface area (Å²) in [6, 6.07) is 0. The Morgan fingerprint density at radius 1 is 1.46 bits per heavy atom. The third-order valence-corrected chi connectivity index (χ3v) is 2.58. The molecule has 0 amide bonds. The number of nitrogens with zero attached hydrogens (tertiary/aromatic N) is 1. The zero-order valence-corrected chi connectivity index (χ0v) is 9.25. The summed E-state index contributed by atoms with van der Waals surface area (Å²) in [5, 5.41) is 0. The summed E-state index contributed by atoms with van der Waals surface area (Å²) in [5.41, 5.74) is 0. The minimum Gasteiger partial charge on any atom is -0.379 e. The van der Waals surface area contributed by atoms with Crippen molar-refractivity contribution in [2.24, 2.45) is 5.92 Å². The first-order valence-electron chi connectivity index (χ1n) is 5.52. The molecule has 78 valence electrons. The lowest BCUT2D eigenvalue weighted by Crippen LogP contribution is -2.23. The van der Waals surface area contributed by atoms with Gasteiger partial charge in [0.2, 0.25) is 0 Å². The Bertz CT molecular complexity index is 136. The lowest BCUT2D eigenvalue weighted by Gasteiger charge is -2.15. The molecule has 2 nitrogen and oxygen atoms in total. The van der Waals surface area contributed by atoms with E-state index in [1.165, 1.54) is 32.5 Å². The minimum absolute atomic E-state index is 0.387. The predicted octanol–water partition coefficient (Wildman–Crippen LogP) is 2.14. The van der Waals surface area contributed by atoms with Gasteiger partial charge in [-0.25, -0.2) is 0 Å². The topological polar surface area (TPSA) is 12.5 Å². The van der Waals surface area contributed by atoms with Gasteiger partial charge in [0.05, 0.1) is 6.10 Å². The first-order chi connectivity index (χ1) is 6.18. The highest BCUT2D eigenvalue weighted by molar-refractivity contribution is 4.71. The Balaban J connectivity index is 1.94. The fourth-order valence-corrected chi connectivity index (χ4v) is 1.84. The quantitative estimate of drug-likeness (QED) is 0.608. The smallest absolute Gasteiger partial charge is 0.0518 e. The van der Waals surface area contributed by atoms with Crippen LogP contribution in [0, 0.1) is 5.92 Å². The molecule has 1 rings (SSSR count). The van der Waals surface area contributed by atoms with Crippen LogP contribution in [-0.2, 0) is 4.74 Å². The van der Waals surface area contributed by atoms with Gasteiger partial charge in [0, 0.05) is 19.7 Å². The van der Waals surface area contributed by atoms with E-state index < -0.39 is 0 Å². The van der Waals surface area contributed by atoms with E-state index in [0.29, 0.717) is 6.10 Å². The summed E-state index contributed by atoms with van der Waals surface area (Å²) in [4.78, 5) is 2.55. The monoisotopic (exact) mass is 185 g/mol. The summed E-state index contributed by atoms with van der Waals surface area (Å²) in [6.07, 6.45) is 2.95. The molecule has 2 heteroatoms.